The van der Waals surface area contributed by atoms with Crippen LogP contribution in [0.25, 0.3) is 33.2 Å². The summed E-state index contributed by atoms with van der Waals surface area (Å²) in [5.41, 5.74) is 11.2. The predicted octanol–water partition coefficient (Wildman–Crippen LogP) is 5.87. The average molecular weight is 696 g/mol. The van der Waals surface area contributed by atoms with E-state index in [9.17, 15) is 14.7 Å². The first-order chi connectivity index (χ1) is 24.8. The maximum Gasteiger partial charge on any atom is 0.260 e. The number of nitrogens with one attached hydrogen (secondary N) is 2. The number of carbonyl (C=O) groups is 1. The number of rotatable bonds is 9. The Morgan fingerprint density at radius 2 is 1.80 bits per heavy atom. The predicted molar refractivity (Wildman–Crippen MR) is 196 cm³/mol. The van der Waals surface area contributed by atoms with Crippen LogP contribution in [0.4, 0.5) is 11.5 Å². The fraction of sp³-hybridized carbons (Fsp3) is 0.132. The number of hydrogen-bond donors (Lipinski definition) is 4. The Balaban J connectivity index is 1.12. The van der Waals surface area contributed by atoms with E-state index in [-0.39, 0.29) is 29.6 Å². The summed E-state index contributed by atoms with van der Waals surface area (Å²) in [4.78, 5) is 46.0. The van der Waals surface area contributed by atoms with Crippen molar-refractivity contribution in [1.82, 2.24) is 34.7 Å². The highest BCUT2D eigenvalue weighted by molar-refractivity contribution is 6.31. The molecule has 12 nitrogen and oxygen atoms in total. The number of benzene rings is 3. The molecule has 0 aliphatic heterocycles. The van der Waals surface area contributed by atoms with Crippen LogP contribution in [0.1, 0.15) is 41.8 Å². The largest absolute Gasteiger partial charge is 0.508 e. The lowest BCUT2D eigenvalue weighted by molar-refractivity contribution is -0.116. The zero-order chi connectivity index (χ0) is 35.3. The Labute approximate surface area is 296 Å². The van der Waals surface area contributed by atoms with Crippen molar-refractivity contribution in [2.24, 2.45) is 0 Å². The molecule has 0 aliphatic carbocycles. The van der Waals surface area contributed by atoms with Gasteiger partial charge in [0.2, 0.25) is 5.91 Å². The summed E-state index contributed by atoms with van der Waals surface area (Å²) in [6.07, 6.45) is 6.29. The summed E-state index contributed by atoms with van der Waals surface area (Å²) in [6.45, 7) is 0.253. The molecular weight excluding hydrogens is 666 g/mol. The third-order valence-electron chi connectivity index (χ3n) is 8.26. The number of unbranched alkanes of at least 4 members (excludes halogenated alkanes) is 1. The lowest BCUT2D eigenvalue weighted by Gasteiger charge is -2.12. The minimum Gasteiger partial charge on any atom is -0.508 e. The molecule has 0 saturated carbocycles. The first kappa shape index (κ1) is 32.9. The van der Waals surface area contributed by atoms with Crippen molar-refractivity contribution in [1.29, 1.82) is 0 Å². The first-order valence-corrected chi connectivity index (χ1v) is 16.4. The van der Waals surface area contributed by atoms with Gasteiger partial charge in [-0.2, -0.15) is 5.10 Å². The van der Waals surface area contributed by atoms with Crippen LogP contribution in [-0.2, 0) is 17.8 Å². The van der Waals surface area contributed by atoms with E-state index < -0.39 is 0 Å². The van der Waals surface area contributed by atoms with Crippen molar-refractivity contribution in [2.75, 3.05) is 11.1 Å². The molecule has 4 heterocycles. The number of halogens is 1. The smallest absolute Gasteiger partial charge is 0.260 e. The second-order valence-electron chi connectivity index (χ2n) is 11.7. The number of hydrogen-bond acceptors (Lipinski definition) is 9. The number of nitrogens with zero attached hydrogens (tertiary/aromatic N) is 6. The Hall–Kier alpha value is -6.58. The van der Waals surface area contributed by atoms with Crippen molar-refractivity contribution >= 4 is 50.9 Å². The number of amides is 1. The number of nitrogens with two attached hydrogens (primary N) is 1. The average Bonchev–Trinajstić information content (AvgIpc) is 3.49. The van der Waals surface area contributed by atoms with Crippen LogP contribution in [-0.4, -0.2) is 45.7 Å². The molecule has 0 unspecified atom stereocenters. The van der Waals surface area contributed by atoms with Gasteiger partial charge in [0, 0.05) is 53.5 Å². The molecule has 7 aromatic rings. The Morgan fingerprint density at radius 1 is 1.00 bits per heavy atom. The minimum absolute atomic E-state index is 0.0975. The number of fused-ring (bicyclic) bond motifs is 2. The number of phenols is 1. The highest BCUT2D eigenvalue weighted by Gasteiger charge is 2.20. The van der Waals surface area contributed by atoms with E-state index in [0.29, 0.717) is 75.4 Å². The zero-order valence-electron chi connectivity index (χ0n) is 27.1. The summed E-state index contributed by atoms with van der Waals surface area (Å²) in [6, 6.07) is 21.1. The molecule has 7 rings (SSSR count). The Kier molecular flexibility index (Phi) is 9.36. The van der Waals surface area contributed by atoms with Gasteiger partial charge in [-0.15, -0.1) is 0 Å². The second-order valence-corrected chi connectivity index (χ2v) is 12.1. The molecule has 0 aliphatic rings. The molecule has 13 heteroatoms. The van der Waals surface area contributed by atoms with Gasteiger partial charge in [0.05, 0.1) is 22.8 Å². The molecule has 3 aromatic carbocycles. The van der Waals surface area contributed by atoms with Crippen LogP contribution in [0.5, 0.6) is 5.75 Å². The number of carbonyl (C=O) groups excluding carboxylic acids is 1. The van der Waals surface area contributed by atoms with Crippen LogP contribution in [0.15, 0.2) is 96.3 Å². The number of phenolic OH excluding ortho intramolecular Hbond substituents is 1. The van der Waals surface area contributed by atoms with E-state index in [0.717, 1.165) is 16.7 Å². The van der Waals surface area contributed by atoms with Gasteiger partial charge in [-0.05, 0) is 72.1 Å². The van der Waals surface area contributed by atoms with Crippen molar-refractivity contribution in [3.05, 3.63) is 129 Å². The lowest BCUT2D eigenvalue weighted by atomic mass is 10.0. The first-order valence-electron chi connectivity index (χ1n) is 16.1. The van der Waals surface area contributed by atoms with Crippen molar-refractivity contribution < 1.29 is 9.90 Å². The summed E-state index contributed by atoms with van der Waals surface area (Å²) in [7, 11) is 0. The van der Waals surface area contributed by atoms with E-state index in [4.69, 9.17) is 27.4 Å². The van der Waals surface area contributed by atoms with Gasteiger partial charge in [0.25, 0.3) is 5.56 Å². The van der Waals surface area contributed by atoms with E-state index in [1.807, 2.05) is 18.2 Å². The number of aromatic hydroxyl groups is 1. The molecule has 252 valence electrons. The molecule has 5 N–H and O–H groups in total. The fourth-order valence-electron chi connectivity index (χ4n) is 5.82. The maximum absolute atomic E-state index is 13.4. The van der Waals surface area contributed by atoms with Crippen LogP contribution >= 0.6 is 11.6 Å². The van der Waals surface area contributed by atoms with E-state index >= 15 is 0 Å². The zero-order valence-corrected chi connectivity index (χ0v) is 27.9. The normalized spacial score (nSPS) is 11.0. The summed E-state index contributed by atoms with van der Waals surface area (Å²) >= 11 is 6.78. The van der Waals surface area contributed by atoms with Crippen molar-refractivity contribution in [3.8, 4) is 28.8 Å². The van der Waals surface area contributed by atoms with Crippen molar-refractivity contribution in [2.45, 2.75) is 32.2 Å². The summed E-state index contributed by atoms with van der Waals surface area (Å²) in [5, 5.41) is 19.0. The van der Waals surface area contributed by atoms with Crippen LogP contribution < -0.4 is 16.6 Å². The maximum atomic E-state index is 13.4. The summed E-state index contributed by atoms with van der Waals surface area (Å²) < 4.78 is 1.72. The molecule has 0 atom stereocenters. The number of nitrogen functional groups attached to an aromatic ring is 1. The van der Waals surface area contributed by atoms with E-state index in [2.05, 4.69) is 37.1 Å². The second kappa shape index (κ2) is 14.5. The molecule has 0 fully saturated rings. The van der Waals surface area contributed by atoms with Crippen LogP contribution in [0, 0.1) is 11.8 Å². The number of pyridine rings is 1. The van der Waals surface area contributed by atoms with Crippen molar-refractivity contribution in [3.63, 3.8) is 0 Å². The molecule has 0 saturated heterocycles. The number of H-pyrrole nitrogens is 1. The standard InChI is InChI=1S/C38H30ClN9O3/c39-29-9-4-8-25(28(29)21-48-37-34(36(40)42-22-43-37)35(47-48)24-12-14-27(49)15-13-24)20-31-45-30-10-5-7-23(33(30)38(51)46-31)6-2-1-3-11-32(50)44-26-16-18-41-19-17-26/h4-5,7-10,12-19,22,49H,1,3,11,20-21H2,(H2,40,42,43)(H,41,44,50)(H,45,46,51). The molecule has 0 bridgehead atoms. The number of aromatic amines is 1. The molecule has 51 heavy (non-hydrogen) atoms. The van der Waals surface area contributed by atoms with Gasteiger partial charge in [0.15, 0.2) is 5.65 Å². The van der Waals surface area contributed by atoms with Gasteiger partial charge in [-0.3, -0.25) is 14.6 Å². The minimum atomic E-state index is -0.302. The lowest BCUT2D eigenvalue weighted by Crippen LogP contribution is -2.14. The van der Waals surface area contributed by atoms with E-state index in [1.54, 1.807) is 71.7 Å². The Bertz CT molecular complexity index is 2520. The fourth-order valence-corrected chi connectivity index (χ4v) is 6.07. The quantitative estimate of drug-likeness (QED) is 0.106. The van der Waals surface area contributed by atoms with Gasteiger partial charge in [-0.1, -0.05) is 41.6 Å². The van der Waals surface area contributed by atoms with Crippen LogP contribution in [0.3, 0.4) is 0 Å². The molecule has 1 amide bonds. The van der Waals surface area contributed by atoms with Gasteiger partial charge in [-0.25, -0.2) is 19.6 Å². The third kappa shape index (κ3) is 7.24. The van der Waals surface area contributed by atoms with Gasteiger partial charge in [0.1, 0.15) is 29.4 Å². The number of anilines is 2. The monoisotopic (exact) mass is 695 g/mol. The SMILES string of the molecule is Nc1ncnc2c1c(-c1ccc(O)cc1)nn2Cc1c(Cl)cccc1Cc1nc2cccc(C#CCCCC(=O)Nc3ccncc3)c2c(=O)[nH]1. The molecule has 4 aromatic heterocycles. The molecule has 0 radical (unpaired) electrons. The van der Waals surface area contributed by atoms with Gasteiger partial charge >= 0.3 is 0 Å². The third-order valence-corrected chi connectivity index (χ3v) is 8.61. The summed E-state index contributed by atoms with van der Waals surface area (Å²) in [5.74, 6) is 6.96. The molecular formula is C38H30ClN9O3. The topological polar surface area (TPSA) is 178 Å². The molecule has 0 spiro atoms. The number of aromatic nitrogens is 7. The Morgan fingerprint density at radius 3 is 2.63 bits per heavy atom. The highest BCUT2D eigenvalue weighted by Crippen LogP contribution is 2.32. The highest BCUT2D eigenvalue weighted by atomic mass is 35.5. The van der Waals surface area contributed by atoms with Crippen LogP contribution in [0.2, 0.25) is 5.02 Å². The van der Waals surface area contributed by atoms with Gasteiger partial charge < -0.3 is 21.1 Å². The van der Waals surface area contributed by atoms with E-state index in [1.165, 1.54) is 6.33 Å².